The van der Waals surface area contributed by atoms with Crippen molar-refractivity contribution < 1.29 is 0 Å². The molecule has 218 valence electrons. The molecule has 0 aliphatic heterocycles. The number of thiophene rings is 1. The van der Waals surface area contributed by atoms with Gasteiger partial charge in [-0.2, -0.15) is 0 Å². The number of benzene rings is 7. The van der Waals surface area contributed by atoms with Gasteiger partial charge in [-0.15, -0.1) is 22.7 Å². The third-order valence-corrected chi connectivity index (χ3v) is 11.9. The average Bonchev–Trinajstić information content (AvgIpc) is 3.63. The van der Waals surface area contributed by atoms with Crippen molar-refractivity contribution in [1.29, 1.82) is 0 Å². The summed E-state index contributed by atoms with van der Waals surface area (Å²) in [5, 5.41) is 8.85. The number of aromatic nitrogens is 3. The molecule has 0 amide bonds. The van der Waals surface area contributed by atoms with Gasteiger partial charge in [0.1, 0.15) is 0 Å². The van der Waals surface area contributed by atoms with E-state index in [-0.39, 0.29) is 0 Å². The first-order valence-electron chi connectivity index (χ1n) is 15.8. The van der Waals surface area contributed by atoms with Gasteiger partial charge in [-0.25, -0.2) is 9.97 Å². The molecule has 4 aromatic heterocycles. The van der Waals surface area contributed by atoms with Crippen LogP contribution in [0.4, 0.5) is 0 Å². The molecule has 0 atom stereocenters. The third-order valence-electron chi connectivity index (χ3n) is 9.60. The van der Waals surface area contributed by atoms with Crippen molar-refractivity contribution in [3.63, 3.8) is 0 Å². The van der Waals surface area contributed by atoms with Crippen LogP contribution in [0, 0.1) is 0 Å². The summed E-state index contributed by atoms with van der Waals surface area (Å²) in [5.74, 6) is 0.699. The SMILES string of the molecule is c1ccc(-c2ccc(-c3nc(-n4c5ccc6cccc7sc8cccc9ccc4c(c98)c5c67)nc4c3sc3ccccc34)cc2)cc1. The maximum atomic E-state index is 5.47. The van der Waals surface area contributed by atoms with E-state index in [0.29, 0.717) is 5.95 Å². The molecule has 4 heterocycles. The van der Waals surface area contributed by atoms with Gasteiger partial charge >= 0.3 is 0 Å². The fourth-order valence-corrected chi connectivity index (χ4v) is 9.84. The Morgan fingerprint density at radius 1 is 0.426 bits per heavy atom. The quantitative estimate of drug-likeness (QED) is 0.194. The van der Waals surface area contributed by atoms with E-state index >= 15 is 0 Å². The minimum Gasteiger partial charge on any atom is -0.278 e. The zero-order chi connectivity index (χ0) is 30.6. The Kier molecular flexibility index (Phi) is 5.14. The van der Waals surface area contributed by atoms with Gasteiger partial charge in [-0.3, -0.25) is 4.57 Å². The Balaban J connectivity index is 1.27. The molecule has 0 unspecified atom stereocenters. The summed E-state index contributed by atoms with van der Waals surface area (Å²) in [5.41, 5.74) is 7.71. The monoisotopic (exact) mass is 633 g/mol. The molecule has 7 aromatic carbocycles. The van der Waals surface area contributed by atoms with Gasteiger partial charge in [0.25, 0.3) is 0 Å². The van der Waals surface area contributed by atoms with E-state index in [2.05, 4.69) is 144 Å². The highest BCUT2D eigenvalue weighted by Crippen LogP contribution is 2.47. The number of rotatable bonds is 3. The molecule has 0 fully saturated rings. The molecular weight excluding hydrogens is 611 g/mol. The molecule has 11 aromatic rings. The van der Waals surface area contributed by atoms with Crippen molar-refractivity contribution in [3.8, 4) is 28.3 Å². The van der Waals surface area contributed by atoms with Crippen LogP contribution in [0.25, 0.3) is 101 Å². The topological polar surface area (TPSA) is 30.7 Å². The second-order valence-corrected chi connectivity index (χ2v) is 14.3. The van der Waals surface area contributed by atoms with Crippen molar-refractivity contribution in [2.75, 3.05) is 0 Å². The Morgan fingerprint density at radius 2 is 1.02 bits per heavy atom. The second-order valence-electron chi connectivity index (χ2n) is 12.2. The lowest BCUT2D eigenvalue weighted by Crippen LogP contribution is -2.02. The Bertz CT molecular complexity index is 2900. The molecular formula is C42H23N3S2. The zero-order valence-electron chi connectivity index (χ0n) is 24.9. The van der Waals surface area contributed by atoms with Crippen LogP contribution in [0.5, 0.6) is 0 Å². The zero-order valence-corrected chi connectivity index (χ0v) is 26.6. The van der Waals surface area contributed by atoms with Crippen LogP contribution in [-0.2, 0) is 0 Å². The summed E-state index contributed by atoms with van der Waals surface area (Å²) in [7, 11) is 0. The van der Waals surface area contributed by atoms with Crippen LogP contribution in [0.15, 0.2) is 140 Å². The van der Waals surface area contributed by atoms with Gasteiger partial charge in [-0.05, 0) is 52.2 Å². The first-order valence-corrected chi connectivity index (χ1v) is 17.4. The summed E-state index contributed by atoms with van der Waals surface area (Å²) in [6, 6.07) is 50.3. The normalized spacial score (nSPS) is 12.3. The highest BCUT2D eigenvalue weighted by molar-refractivity contribution is 7.26. The summed E-state index contributed by atoms with van der Waals surface area (Å²) < 4.78 is 7.21. The van der Waals surface area contributed by atoms with Gasteiger partial charge in [-0.1, -0.05) is 109 Å². The standard InChI is InChI=1S/C42H23N3S2/c1-2-8-24(9-3-1)25-16-18-28(19-17-25)39-41-40(29-12-4-5-13-32(29)47-41)44-42(43-39)45-30-22-20-26-10-6-14-33-35(26)37(30)38-31(45)23-21-27-11-7-15-34(46-33)36(27)38/h1-23H. The number of hydrogen-bond acceptors (Lipinski definition) is 4. The van der Waals surface area contributed by atoms with Crippen LogP contribution in [0.1, 0.15) is 0 Å². The largest absolute Gasteiger partial charge is 0.278 e. The smallest absolute Gasteiger partial charge is 0.235 e. The molecule has 0 saturated heterocycles. The molecule has 11 rings (SSSR count). The molecule has 0 saturated carbocycles. The van der Waals surface area contributed by atoms with Crippen molar-refractivity contribution in [2.45, 2.75) is 0 Å². The summed E-state index contributed by atoms with van der Waals surface area (Å²) in [4.78, 5) is 10.9. The van der Waals surface area contributed by atoms with Gasteiger partial charge in [0, 0.05) is 46.6 Å². The van der Waals surface area contributed by atoms with Crippen LogP contribution >= 0.6 is 22.7 Å². The van der Waals surface area contributed by atoms with E-state index in [1.807, 2.05) is 11.3 Å². The fourth-order valence-electron chi connectivity index (χ4n) is 7.51. The van der Waals surface area contributed by atoms with E-state index in [4.69, 9.17) is 9.97 Å². The first-order chi connectivity index (χ1) is 23.3. The van der Waals surface area contributed by atoms with Gasteiger partial charge in [0.2, 0.25) is 5.95 Å². The minimum absolute atomic E-state index is 0.699. The van der Waals surface area contributed by atoms with Crippen LogP contribution in [0.3, 0.4) is 0 Å². The van der Waals surface area contributed by atoms with Crippen molar-refractivity contribution in [3.05, 3.63) is 140 Å². The Hall–Kier alpha value is -5.62. The van der Waals surface area contributed by atoms with Crippen LogP contribution in [-0.4, -0.2) is 14.5 Å². The molecule has 0 aliphatic carbocycles. The maximum Gasteiger partial charge on any atom is 0.235 e. The summed E-state index contributed by atoms with van der Waals surface area (Å²) in [6.07, 6.45) is 0. The third kappa shape index (κ3) is 3.55. The van der Waals surface area contributed by atoms with E-state index < -0.39 is 0 Å². The second kappa shape index (κ2) is 9.46. The van der Waals surface area contributed by atoms with E-state index in [1.54, 1.807) is 11.3 Å². The van der Waals surface area contributed by atoms with E-state index in [1.165, 1.54) is 57.5 Å². The number of hydrogen-bond donors (Lipinski definition) is 0. The molecule has 0 radical (unpaired) electrons. The molecule has 0 spiro atoms. The molecule has 0 N–H and O–H groups in total. The van der Waals surface area contributed by atoms with Gasteiger partial charge in [0.15, 0.2) is 0 Å². The predicted octanol–water partition coefficient (Wildman–Crippen LogP) is 12.2. The van der Waals surface area contributed by atoms with Crippen LogP contribution < -0.4 is 0 Å². The number of nitrogens with zero attached hydrogens (tertiary/aromatic N) is 3. The molecule has 5 heteroatoms. The lowest BCUT2D eigenvalue weighted by Gasteiger charge is -2.11. The average molecular weight is 634 g/mol. The highest BCUT2D eigenvalue weighted by atomic mass is 32.1. The maximum absolute atomic E-state index is 5.47. The Morgan fingerprint density at radius 3 is 1.72 bits per heavy atom. The van der Waals surface area contributed by atoms with Crippen molar-refractivity contribution in [1.82, 2.24) is 14.5 Å². The van der Waals surface area contributed by atoms with Gasteiger partial charge in [0.05, 0.1) is 26.9 Å². The molecule has 0 bridgehead atoms. The molecule has 47 heavy (non-hydrogen) atoms. The van der Waals surface area contributed by atoms with Crippen molar-refractivity contribution in [2.24, 2.45) is 0 Å². The lowest BCUT2D eigenvalue weighted by atomic mass is 10.00. The molecule has 3 nitrogen and oxygen atoms in total. The van der Waals surface area contributed by atoms with Gasteiger partial charge < -0.3 is 0 Å². The minimum atomic E-state index is 0.699. The van der Waals surface area contributed by atoms with Crippen molar-refractivity contribution >= 4 is 95.7 Å². The fraction of sp³-hybridized carbons (Fsp3) is 0. The lowest BCUT2D eigenvalue weighted by molar-refractivity contribution is 1.02. The summed E-state index contributed by atoms with van der Waals surface area (Å²) in [6.45, 7) is 0. The van der Waals surface area contributed by atoms with E-state index in [0.717, 1.165) is 37.9 Å². The molecule has 0 aliphatic rings. The number of fused-ring (bicyclic) bond motifs is 3. The van der Waals surface area contributed by atoms with Crippen LogP contribution in [0.2, 0.25) is 0 Å². The Labute approximate surface area is 276 Å². The predicted molar refractivity (Wildman–Crippen MR) is 202 cm³/mol. The first kappa shape index (κ1) is 25.6. The summed E-state index contributed by atoms with van der Waals surface area (Å²) >= 11 is 3.65. The van der Waals surface area contributed by atoms with E-state index in [9.17, 15) is 0 Å². The highest BCUT2D eigenvalue weighted by Gasteiger charge is 2.23.